The lowest BCUT2D eigenvalue weighted by Gasteiger charge is -2.22. The molecule has 0 aromatic heterocycles. The van der Waals surface area contributed by atoms with Crippen LogP contribution < -0.4 is 11.1 Å². The number of halogens is 2. The van der Waals surface area contributed by atoms with Crippen LogP contribution >= 0.6 is 27.5 Å². The van der Waals surface area contributed by atoms with Crippen LogP contribution in [0.2, 0.25) is 5.02 Å². The average Bonchev–Trinajstić information content (AvgIpc) is 2.44. The maximum absolute atomic E-state index is 6.03. The smallest absolute Gasteiger partial charge is 0.0638 e. The number of rotatable bonds is 4. The van der Waals surface area contributed by atoms with Crippen molar-refractivity contribution in [2.24, 2.45) is 5.73 Å². The molecule has 0 amide bonds. The molecule has 2 aromatic carbocycles. The summed E-state index contributed by atoms with van der Waals surface area (Å²) >= 11 is 9.48. The van der Waals surface area contributed by atoms with Gasteiger partial charge in [0.1, 0.15) is 0 Å². The molecule has 1 atom stereocenters. The zero-order valence-electron chi connectivity index (χ0n) is 12.5. The van der Waals surface area contributed by atoms with Crippen LogP contribution in [0.3, 0.4) is 0 Å². The molecule has 21 heavy (non-hydrogen) atoms. The van der Waals surface area contributed by atoms with Crippen molar-refractivity contribution in [1.82, 2.24) is 0 Å². The number of nitrogens with one attached hydrogen (secondary N) is 1. The molecule has 2 aromatic rings. The zero-order chi connectivity index (χ0) is 15.6. The summed E-state index contributed by atoms with van der Waals surface area (Å²) in [6, 6.07) is 10.3. The summed E-state index contributed by atoms with van der Waals surface area (Å²) < 4.78 is 0.877. The van der Waals surface area contributed by atoms with Crippen molar-refractivity contribution in [2.45, 2.75) is 26.8 Å². The van der Waals surface area contributed by atoms with E-state index in [1.165, 1.54) is 22.3 Å². The van der Waals surface area contributed by atoms with E-state index in [2.05, 4.69) is 54.2 Å². The van der Waals surface area contributed by atoms with E-state index < -0.39 is 0 Å². The van der Waals surface area contributed by atoms with Crippen molar-refractivity contribution in [3.8, 4) is 0 Å². The minimum Gasteiger partial charge on any atom is -0.377 e. The summed E-state index contributed by atoms with van der Waals surface area (Å²) in [4.78, 5) is 0. The quantitative estimate of drug-likeness (QED) is 0.785. The molecule has 2 rings (SSSR count). The fourth-order valence-corrected chi connectivity index (χ4v) is 2.91. The average molecular weight is 368 g/mol. The Hall–Kier alpha value is -1.03. The summed E-state index contributed by atoms with van der Waals surface area (Å²) in [5.41, 5.74) is 12.1. The van der Waals surface area contributed by atoms with Gasteiger partial charge in [-0.25, -0.2) is 0 Å². The molecule has 0 saturated heterocycles. The van der Waals surface area contributed by atoms with E-state index in [4.69, 9.17) is 17.3 Å². The van der Waals surface area contributed by atoms with Crippen LogP contribution in [0.15, 0.2) is 34.8 Å². The maximum atomic E-state index is 6.03. The number of nitrogens with two attached hydrogens (primary N) is 1. The van der Waals surface area contributed by atoms with Crippen molar-refractivity contribution in [3.05, 3.63) is 62.1 Å². The number of hydrogen-bond acceptors (Lipinski definition) is 2. The molecule has 0 spiro atoms. The molecular formula is C17H20BrClN2. The normalized spacial score (nSPS) is 12.3. The van der Waals surface area contributed by atoms with Gasteiger partial charge in [0.15, 0.2) is 0 Å². The van der Waals surface area contributed by atoms with E-state index in [-0.39, 0.29) is 6.04 Å². The minimum absolute atomic E-state index is 0.0809. The molecule has 0 radical (unpaired) electrons. The molecule has 0 aliphatic carbocycles. The van der Waals surface area contributed by atoms with Gasteiger partial charge < -0.3 is 11.1 Å². The Morgan fingerprint density at radius 1 is 1.10 bits per heavy atom. The van der Waals surface area contributed by atoms with Gasteiger partial charge in [-0.1, -0.05) is 23.7 Å². The lowest BCUT2D eigenvalue weighted by atomic mass is 9.95. The summed E-state index contributed by atoms with van der Waals surface area (Å²) in [5, 5.41) is 4.19. The van der Waals surface area contributed by atoms with Crippen molar-refractivity contribution < 1.29 is 0 Å². The first-order valence-electron chi connectivity index (χ1n) is 6.91. The SMILES string of the molecule is Cc1cc(C)c(C(CN)Nc2ccc(Cl)c(Br)c2)cc1C. The topological polar surface area (TPSA) is 38.0 Å². The number of hydrogen-bond donors (Lipinski definition) is 2. The first-order chi connectivity index (χ1) is 9.92. The highest BCUT2D eigenvalue weighted by molar-refractivity contribution is 9.10. The molecule has 0 aliphatic heterocycles. The van der Waals surface area contributed by atoms with Crippen molar-refractivity contribution in [3.63, 3.8) is 0 Å². The molecule has 0 heterocycles. The third-order valence-electron chi connectivity index (χ3n) is 3.75. The molecular weight excluding hydrogens is 348 g/mol. The van der Waals surface area contributed by atoms with E-state index in [0.717, 1.165) is 10.2 Å². The fourth-order valence-electron chi connectivity index (χ4n) is 2.41. The number of aryl methyl sites for hydroxylation is 3. The van der Waals surface area contributed by atoms with Gasteiger partial charge in [0.25, 0.3) is 0 Å². The maximum Gasteiger partial charge on any atom is 0.0638 e. The summed E-state index contributed by atoms with van der Waals surface area (Å²) in [5.74, 6) is 0. The largest absolute Gasteiger partial charge is 0.377 e. The third-order valence-corrected chi connectivity index (χ3v) is 4.97. The lowest BCUT2D eigenvalue weighted by molar-refractivity contribution is 0.782. The molecule has 112 valence electrons. The lowest BCUT2D eigenvalue weighted by Crippen LogP contribution is -2.21. The van der Waals surface area contributed by atoms with E-state index in [9.17, 15) is 0 Å². The van der Waals surface area contributed by atoms with Gasteiger partial charge in [0.05, 0.1) is 11.1 Å². The van der Waals surface area contributed by atoms with Crippen LogP contribution in [0.5, 0.6) is 0 Å². The van der Waals surface area contributed by atoms with E-state index >= 15 is 0 Å². The van der Waals surface area contributed by atoms with Crippen LogP contribution in [-0.2, 0) is 0 Å². The van der Waals surface area contributed by atoms with E-state index in [0.29, 0.717) is 11.6 Å². The second-order valence-electron chi connectivity index (χ2n) is 5.35. The van der Waals surface area contributed by atoms with E-state index in [1.54, 1.807) is 0 Å². The number of anilines is 1. The Kier molecular flexibility index (Phi) is 5.31. The Balaban J connectivity index is 2.31. The Bertz CT molecular complexity index is 655. The molecule has 1 unspecified atom stereocenters. The van der Waals surface area contributed by atoms with Gasteiger partial charge in [-0.3, -0.25) is 0 Å². The highest BCUT2D eigenvalue weighted by Gasteiger charge is 2.14. The van der Waals surface area contributed by atoms with Gasteiger partial charge in [0.2, 0.25) is 0 Å². The molecule has 3 N–H and O–H groups in total. The highest BCUT2D eigenvalue weighted by Crippen LogP contribution is 2.29. The first-order valence-corrected chi connectivity index (χ1v) is 8.09. The molecule has 0 saturated carbocycles. The standard InChI is InChI=1S/C17H20BrClN2/c1-10-6-12(3)14(7-11(10)2)17(9-20)21-13-4-5-16(19)15(18)8-13/h4-8,17,21H,9,20H2,1-3H3. The molecule has 0 bridgehead atoms. The van der Waals surface area contributed by atoms with Gasteiger partial charge in [0, 0.05) is 16.7 Å². The Morgan fingerprint density at radius 2 is 1.76 bits per heavy atom. The predicted octanol–water partition coefficient (Wildman–Crippen LogP) is 5.14. The van der Waals surface area contributed by atoms with Gasteiger partial charge in [-0.2, -0.15) is 0 Å². The van der Waals surface area contributed by atoms with Gasteiger partial charge >= 0.3 is 0 Å². The summed E-state index contributed by atoms with van der Waals surface area (Å²) in [7, 11) is 0. The molecule has 0 aliphatic rings. The van der Waals surface area contributed by atoms with Gasteiger partial charge in [-0.05, 0) is 77.2 Å². The van der Waals surface area contributed by atoms with Crippen molar-refractivity contribution >= 4 is 33.2 Å². The monoisotopic (exact) mass is 366 g/mol. The van der Waals surface area contributed by atoms with Crippen LogP contribution in [0.25, 0.3) is 0 Å². The van der Waals surface area contributed by atoms with Crippen LogP contribution in [0.1, 0.15) is 28.3 Å². The molecule has 0 fully saturated rings. The van der Waals surface area contributed by atoms with Crippen molar-refractivity contribution in [2.75, 3.05) is 11.9 Å². The first kappa shape index (κ1) is 16.3. The summed E-state index contributed by atoms with van der Waals surface area (Å²) in [6.07, 6.45) is 0. The summed E-state index contributed by atoms with van der Waals surface area (Å²) in [6.45, 7) is 6.92. The molecule has 4 heteroatoms. The second-order valence-corrected chi connectivity index (χ2v) is 6.62. The van der Waals surface area contributed by atoms with Crippen LogP contribution in [0, 0.1) is 20.8 Å². The zero-order valence-corrected chi connectivity index (χ0v) is 14.8. The van der Waals surface area contributed by atoms with Crippen LogP contribution in [-0.4, -0.2) is 6.54 Å². The van der Waals surface area contributed by atoms with E-state index in [1.807, 2.05) is 18.2 Å². The fraction of sp³-hybridized carbons (Fsp3) is 0.294. The molecule has 2 nitrogen and oxygen atoms in total. The van der Waals surface area contributed by atoms with Crippen LogP contribution in [0.4, 0.5) is 5.69 Å². The Morgan fingerprint density at radius 3 is 2.38 bits per heavy atom. The minimum atomic E-state index is 0.0809. The Labute approximate surface area is 139 Å². The van der Waals surface area contributed by atoms with Crippen molar-refractivity contribution in [1.29, 1.82) is 0 Å². The number of benzene rings is 2. The second kappa shape index (κ2) is 6.82. The third kappa shape index (κ3) is 3.79. The highest BCUT2D eigenvalue weighted by atomic mass is 79.9. The predicted molar refractivity (Wildman–Crippen MR) is 95.2 cm³/mol. The van der Waals surface area contributed by atoms with Gasteiger partial charge in [-0.15, -0.1) is 0 Å².